The first-order valence-corrected chi connectivity index (χ1v) is 25.8. The lowest BCUT2D eigenvalue weighted by Crippen LogP contribution is -2.52. The first-order valence-electron chi connectivity index (χ1n) is 25.8. The summed E-state index contributed by atoms with van der Waals surface area (Å²) in [6.07, 6.45) is 2.03. The number of amides is 7. The molecule has 4 fully saturated rings. The molecule has 3 N–H and O–H groups in total. The van der Waals surface area contributed by atoms with Crippen molar-refractivity contribution in [3.05, 3.63) is 0 Å². The zero-order valence-electron chi connectivity index (χ0n) is 43.6. The summed E-state index contributed by atoms with van der Waals surface area (Å²) in [5.41, 5.74) is 0. The molecule has 0 bridgehead atoms. The van der Waals surface area contributed by atoms with Crippen LogP contribution >= 0.6 is 0 Å². The number of Topliss-reactive ketones (excluding diaryl/α,β-unsaturated/α-hetero) is 1. The fourth-order valence-corrected chi connectivity index (χ4v) is 8.21. The van der Waals surface area contributed by atoms with Gasteiger partial charge in [-0.25, -0.2) is 0 Å². The molecule has 4 rings (SSSR count). The average molecular weight is 976 g/mol. The van der Waals surface area contributed by atoms with Gasteiger partial charge in [0.15, 0.2) is 0 Å². The van der Waals surface area contributed by atoms with Crippen molar-refractivity contribution in [2.24, 2.45) is 23.7 Å². The summed E-state index contributed by atoms with van der Waals surface area (Å²) in [5.74, 6) is 0.464. The summed E-state index contributed by atoms with van der Waals surface area (Å²) >= 11 is 0. The van der Waals surface area contributed by atoms with Crippen LogP contribution in [0.15, 0.2) is 0 Å². The van der Waals surface area contributed by atoms with Crippen molar-refractivity contribution in [2.75, 3.05) is 164 Å². The molecule has 0 aromatic rings. The molecule has 0 radical (unpaired) electrons. The zero-order chi connectivity index (χ0) is 50.9. The highest BCUT2D eigenvalue weighted by molar-refractivity contribution is 5.84. The Labute approximate surface area is 412 Å². The number of piperazine rings is 4. The van der Waals surface area contributed by atoms with Gasteiger partial charge in [-0.1, -0.05) is 55.4 Å². The van der Waals surface area contributed by atoms with Crippen molar-refractivity contribution in [2.45, 2.75) is 81.1 Å². The fraction of sp³-hybridized carbons (Fsp3) is 0.837. The van der Waals surface area contributed by atoms with Crippen molar-refractivity contribution < 1.29 is 43.1 Å². The van der Waals surface area contributed by atoms with Crippen molar-refractivity contribution in [3.63, 3.8) is 0 Å². The van der Waals surface area contributed by atoms with Gasteiger partial charge in [0.2, 0.25) is 41.4 Å². The Bertz CT molecular complexity index is 1500. The van der Waals surface area contributed by atoms with Crippen molar-refractivity contribution >= 4 is 47.1 Å². The van der Waals surface area contributed by atoms with E-state index in [9.17, 15) is 38.4 Å². The molecule has 4 heterocycles. The highest BCUT2D eigenvalue weighted by Gasteiger charge is 2.27. The Morgan fingerprint density at radius 3 is 0.913 bits per heavy atom. The van der Waals surface area contributed by atoms with Crippen LogP contribution in [0.5, 0.6) is 0 Å². The van der Waals surface area contributed by atoms with Crippen LogP contribution in [0.2, 0.25) is 0 Å². The van der Waals surface area contributed by atoms with Crippen molar-refractivity contribution in [3.8, 4) is 0 Å². The van der Waals surface area contributed by atoms with Crippen LogP contribution in [0.3, 0.4) is 0 Å². The van der Waals surface area contributed by atoms with E-state index < -0.39 is 0 Å². The Kier molecular flexibility index (Phi) is 27.3. The minimum absolute atomic E-state index is 0.00689. The number of carbonyl (C=O) groups excluding carboxylic acids is 8. The van der Waals surface area contributed by atoms with Gasteiger partial charge in [-0.05, 0) is 13.0 Å². The van der Waals surface area contributed by atoms with Gasteiger partial charge in [0.25, 0.3) is 0 Å². The molecule has 0 aliphatic carbocycles. The topological polar surface area (TPSA) is 208 Å². The first-order chi connectivity index (χ1) is 32.8. The van der Waals surface area contributed by atoms with E-state index >= 15 is 0 Å². The maximum Gasteiger partial charge on any atom is 0.248 e. The van der Waals surface area contributed by atoms with Crippen LogP contribution in [-0.2, 0) is 43.1 Å². The van der Waals surface area contributed by atoms with Crippen LogP contribution in [-0.4, -0.2) is 250 Å². The lowest BCUT2D eigenvalue weighted by molar-refractivity contribution is -0.144. The molecule has 0 aromatic heterocycles. The summed E-state index contributed by atoms with van der Waals surface area (Å²) in [4.78, 5) is 113. The number of nitrogens with zero attached hydrogens (tertiary/aromatic N) is 8. The largest absolute Gasteiger partial charge is 0.362 e. The smallest absolute Gasteiger partial charge is 0.248 e. The second kappa shape index (κ2) is 31.9. The first kappa shape index (κ1) is 59.1. The number of hydrogen-bond acceptors (Lipinski definition) is 13. The lowest BCUT2D eigenvalue weighted by Gasteiger charge is -2.36. The molecular formula is C49H89N11O9. The molecule has 0 unspecified atom stereocenters. The van der Waals surface area contributed by atoms with Crippen LogP contribution in [0, 0.1) is 23.7 Å². The molecule has 0 saturated carbocycles. The zero-order valence-corrected chi connectivity index (χ0v) is 43.6. The van der Waals surface area contributed by atoms with E-state index in [2.05, 4.69) is 35.6 Å². The third-order valence-corrected chi connectivity index (χ3v) is 13.2. The monoisotopic (exact) mass is 976 g/mol. The molecule has 69 heavy (non-hydrogen) atoms. The number of carbonyl (C=O) groups is 8. The van der Waals surface area contributed by atoms with Crippen LogP contribution in [0.4, 0.5) is 0 Å². The minimum Gasteiger partial charge on any atom is -0.362 e. The van der Waals surface area contributed by atoms with Gasteiger partial charge in [-0.2, -0.15) is 0 Å². The van der Waals surface area contributed by atoms with E-state index in [4.69, 9.17) is 4.74 Å². The van der Waals surface area contributed by atoms with Crippen LogP contribution in [0.1, 0.15) is 81.1 Å². The van der Waals surface area contributed by atoms with E-state index in [1.54, 1.807) is 9.80 Å². The Morgan fingerprint density at radius 1 is 0.362 bits per heavy atom. The van der Waals surface area contributed by atoms with Crippen molar-refractivity contribution in [1.29, 1.82) is 0 Å². The Balaban J connectivity index is 0.000000365. The maximum absolute atomic E-state index is 12.6. The van der Waals surface area contributed by atoms with Gasteiger partial charge < -0.3 is 40.3 Å². The van der Waals surface area contributed by atoms with E-state index in [1.807, 2.05) is 65.2 Å². The van der Waals surface area contributed by atoms with E-state index in [1.165, 1.54) is 0 Å². The van der Waals surface area contributed by atoms with Crippen molar-refractivity contribution in [1.82, 2.24) is 55.1 Å². The van der Waals surface area contributed by atoms with Crippen LogP contribution < -0.4 is 16.0 Å². The molecular weight excluding hydrogens is 887 g/mol. The van der Waals surface area contributed by atoms with Gasteiger partial charge in [-0.15, -0.1) is 0 Å². The summed E-state index contributed by atoms with van der Waals surface area (Å²) in [7, 11) is 0. The lowest BCUT2D eigenvalue weighted by atomic mass is 10.0. The van der Waals surface area contributed by atoms with E-state index in [0.717, 1.165) is 85.0 Å². The molecule has 0 aromatic carbocycles. The molecule has 20 heteroatoms. The van der Waals surface area contributed by atoms with Crippen LogP contribution in [0.25, 0.3) is 0 Å². The standard InChI is InChI=1S/C25H45N5O4.C24H44N6O5/c1-20(2)22(31)6-5-10-27-12-16-29(17-13-27)23(32)7-8-24(33)30-18-14-28(15-19-30)11-9-26-25(34)21(3)4;1-19(2)23(33)25-5-7-27-9-13-29(14-10-27)21(31)17-35-18-22(32)30-15-11-28(12-16-30)8-6-26-24(34)20(3)4/h20-21H,5-19H2,1-4H3,(H,26,34);19-20H,5-18H2,1-4H3,(H,25,33)(H,26,34). The number of hydrogen-bond donors (Lipinski definition) is 3. The third kappa shape index (κ3) is 23.0. The van der Waals surface area contributed by atoms with Gasteiger partial charge in [0, 0.05) is 187 Å². The normalized spacial score (nSPS) is 17.8. The van der Waals surface area contributed by atoms with Gasteiger partial charge in [0.1, 0.15) is 19.0 Å². The molecule has 7 amide bonds. The quantitative estimate of drug-likeness (QED) is 0.114. The third-order valence-electron chi connectivity index (χ3n) is 13.2. The average Bonchev–Trinajstić information content (AvgIpc) is 3.33. The second-order valence-electron chi connectivity index (χ2n) is 19.9. The molecule has 394 valence electrons. The number of rotatable bonds is 24. The number of nitrogens with one attached hydrogen (secondary N) is 3. The highest BCUT2D eigenvalue weighted by Crippen LogP contribution is 2.11. The number of ether oxygens (including phenoxy) is 1. The molecule has 4 saturated heterocycles. The molecule has 0 spiro atoms. The molecule has 4 aliphatic rings. The fourth-order valence-electron chi connectivity index (χ4n) is 8.21. The van der Waals surface area contributed by atoms with Gasteiger partial charge in [-0.3, -0.25) is 58.0 Å². The Hall–Kier alpha value is -4.24. The van der Waals surface area contributed by atoms with E-state index in [-0.39, 0.29) is 91.1 Å². The molecule has 20 nitrogen and oxygen atoms in total. The predicted octanol–water partition coefficient (Wildman–Crippen LogP) is -0.332. The summed E-state index contributed by atoms with van der Waals surface area (Å²) < 4.78 is 5.44. The predicted molar refractivity (Wildman–Crippen MR) is 265 cm³/mol. The summed E-state index contributed by atoms with van der Waals surface area (Å²) in [6, 6.07) is 0. The molecule has 4 aliphatic heterocycles. The SMILES string of the molecule is CC(C)C(=O)CCCN1CCN(C(=O)CCC(=O)N2CCN(CCNC(=O)C(C)C)CC2)CC1.CC(C)C(=O)NCCN1CCN(C(=O)COCC(=O)N2CCN(CCNC(=O)C(C)C)CC2)CC1. The van der Waals surface area contributed by atoms with E-state index in [0.29, 0.717) is 84.2 Å². The maximum atomic E-state index is 12.6. The molecule has 0 atom stereocenters. The van der Waals surface area contributed by atoms with Gasteiger partial charge in [0.05, 0.1) is 0 Å². The highest BCUT2D eigenvalue weighted by atomic mass is 16.5. The van der Waals surface area contributed by atoms with Gasteiger partial charge >= 0.3 is 0 Å². The number of ketones is 1. The summed E-state index contributed by atoms with van der Waals surface area (Å²) in [6.45, 7) is 31.5. The second-order valence-corrected chi connectivity index (χ2v) is 19.9. The Morgan fingerprint density at radius 2 is 0.638 bits per heavy atom. The summed E-state index contributed by atoms with van der Waals surface area (Å²) in [5, 5.41) is 8.75. The minimum atomic E-state index is -0.0983.